The molecule has 0 atom stereocenters. The molecule has 18 heavy (non-hydrogen) atoms. The highest BCUT2D eigenvalue weighted by molar-refractivity contribution is 7.89. The second kappa shape index (κ2) is 5.81. The third-order valence-corrected chi connectivity index (χ3v) is 5.62. The number of hydrogen-bond donors (Lipinski definition) is 2. The van der Waals surface area contributed by atoms with Crippen molar-refractivity contribution >= 4 is 10.0 Å². The number of nitrogens with one attached hydrogen (secondary N) is 1. The molecule has 0 aliphatic rings. The molecule has 0 fully saturated rings. The molecule has 0 radical (unpaired) electrons. The van der Waals surface area contributed by atoms with E-state index in [1.54, 1.807) is 0 Å². The summed E-state index contributed by atoms with van der Waals surface area (Å²) in [5, 5.41) is 6.24. The molecule has 3 N–H and O–H groups in total. The molecule has 6 nitrogen and oxygen atoms in total. The molecule has 1 aromatic rings. The molecule has 0 aromatic carbocycles. The van der Waals surface area contributed by atoms with Gasteiger partial charge >= 0.3 is 0 Å². The summed E-state index contributed by atoms with van der Waals surface area (Å²) in [5.41, 5.74) is 5.30. The summed E-state index contributed by atoms with van der Waals surface area (Å²) in [6.07, 6.45) is 4.09. The quantitative estimate of drug-likeness (QED) is 0.774. The molecule has 0 amide bonds. The molecule has 7 heteroatoms. The summed E-state index contributed by atoms with van der Waals surface area (Å²) in [6, 6.07) is 0. The Morgan fingerprint density at radius 2 is 2.00 bits per heavy atom. The lowest BCUT2D eigenvalue weighted by Gasteiger charge is -2.40. The van der Waals surface area contributed by atoms with E-state index < -0.39 is 15.6 Å². The van der Waals surface area contributed by atoms with Gasteiger partial charge in [0.25, 0.3) is 0 Å². The van der Waals surface area contributed by atoms with Gasteiger partial charge in [0.1, 0.15) is 4.90 Å². The summed E-state index contributed by atoms with van der Waals surface area (Å²) >= 11 is 0. The minimum Gasteiger partial charge on any atom is -0.329 e. The van der Waals surface area contributed by atoms with Crippen molar-refractivity contribution in [1.29, 1.82) is 0 Å². The van der Waals surface area contributed by atoms with Crippen molar-refractivity contribution in [2.75, 3.05) is 13.1 Å². The lowest BCUT2D eigenvalue weighted by molar-refractivity contribution is 0.184. The van der Waals surface area contributed by atoms with Gasteiger partial charge in [0.15, 0.2) is 0 Å². The molecular weight excluding hydrogens is 252 g/mol. The number of sulfonamides is 1. The van der Waals surface area contributed by atoms with Gasteiger partial charge in [-0.15, -0.1) is 0 Å². The fraction of sp³-hybridized carbons (Fsp3) is 0.727. The summed E-state index contributed by atoms with van der Waals surface area (Å²) in [6.45, 7) is 6.46. The average Bonchev–Trinajstić information content (AvgIpc) is 2.90. The number of H-pyrrole nitrogens is 1. The summed E-state index contributed by atoms with van der Waals surface area (Å²) in [7, 11) is -3.54. The molecular formula is C11H22N4O2S. The molecule has 0 saturated heterocycles. The Labute approximate surface area is 109 Å². The van der Waals surface area contributed by atoms with Gasteiger partial charge < -0.3 is 5.73 Å². The molecule has 0 aliphatic heterocycles. The van der Waals surface area contributed by atoms with Crippen LogP contribution in [0.25, 0.3) is 0 Å². The van der Waals surface area contributed by atoms with Gasteiger partial charge in [-0.2, -0.15) is 9.40 Å². The number of aromatic nitrogens is 2. The number of aromatic amines is 1. The Morgan fingerprint density at radius 3 is 2.33 bits per heavy atom. The molecule has 1 aromatic heterocycles. The predicted molar refractivity (Wildman–Crippen MR) is 70.5 cm³/mol. The van der Waals surface area contributed by atoms with Crippen LogP contribution in [0.2, 0.25) is 0 Å². The SMILES string of the molecule is CCN(C(CC)(CC)CN)S(=O)(=O)c1cn[nH]c1. The number of nitrogens with zero attached hydrogens (tertiary/aromatic N) is 2. The van der Waals surface area contributed by atoms with Crippen molar-refractivity contribution in [2.24, 2.45) is 5.73 Å². The third-order valence-electron chi connectivity index (χ3n) is 3.57. The van der Waals surface area contributed by atoms with E-state index in [9.17, 15) is 8.42 Å². The van der Waals surface area contributed by atoms with Gasteiger partial charge in [-0.05, 0) is 12.8 Å². The standard InChI is InChI=1S/C11H22N4O2S/c1-4-11(5-2,9-12)15(6-3)18(16,17)10-7-13-14-8-10/h7-8H,4-6,9,12H2,1-3H3,(H,13,14). The highest BCUT2D eigenvalue weighted by Gasteiger charge is 2.40. The van der Waals surface area contributed by atoms with E-state index in [-0.39, 0.29) is 4.90 Å². The van der Waals surface area contributed by atoms with Crippen molar-refractivity contribution in [3.63, 3.8) is 0 Å². The van der Waals surface area contributed by atoms with Gasteiger partial charge in [0.05, 0.1) is 6.20 Å². The fourth-order valence-electron chi connectivity index (χ4n) is 2.26. The first-order chi connectivity index (χ1) is 8.48. The summed E-state index contributed by atoms with van der Waals surface area (Å²) < 4.78 is 26.6. The minimum absolute atomic E-state index is 0.184. The van der Waals surface area contributed by atoms with Gasteiger partial charge in [-0.25, -0.2) is 8.42 Å². The van der Waals surface area contributed by atoms with E-state index >= 15 is 0 Å². The van der Waals surface area contributed by atoms with E-state index in [1.807, 2.05) is 20.8 Å². The Balaban J connectivity index is 3.25. The van der Waals surface area contributed by atoms with E-state index in [4.69, 9.17) is 5.73 Å². The van der Waals surface area contributed by atoms with Crippen molar-refractivity contribution in [3.05, 3.63) is 12.4 Å². The normalized spacial score (nSPS) is 13.2. The van der Waals surface area contributed by atoms with Gasteiger partial charge in [0.2, 0.25) is 10.0 Å². The zero-order valence-corrected chi connectivity index (χ0v) is 12.0. The molecule has 0 saturated carbocycles. The molecule has 0 bridgehead atoms. The van der Waals surface area contributed by atoms with Crippen LogP contribution in [0.15, 0.2) is 17.3 Å². The number of hydrogen-bond acceptors (Lipinski definition) is 4. The number of likely N-dealkylation sites (N-methyl/N-ethyl adjacent to an activating group) is 1. The molecule has 1 rings (SSSR count). The maximum atomic E-state index is 12.6. The van der Waals surface area contributed by atoms with Crippen LogP contribution >= 0.6 is 0 Å². The Kier molecular flexibility index (Phi) is 4.89. The number of rotatable bonds is 7. The van der Waals surface area contributed by atoms with E-state index in [0.29, 0.717) is 25.9 Å². The first-order valence-corrected chi connectivity index (χ1v) is 7.64. The van der Waals surface area contributed by atoms with E-state index in [2.05, 4.69) is 10.2 Å². The highest BCUT2D eigenvalue weighted by atomic mass is 32.2. The van der Waals surface area contributed by atoms with Crippen LogP contribution in [0.4, 0.5) is 0 Å². The molecule has 0 spiro atoms. The van der Waals surface area contributed by atoms with Crippen molar-refractivity contribution in [3.8, 4) is 0 Å². The third kappa shape index (κ3) is 2.43. The van der Waals surface area contributed by atoms with Crippen molar-refractivity contribution in [2.45, 2.75) is 44.0 Å². The second-order valence-electron chi connectivity index (χ2n) is 4.24. The van der Waals surface area contributed by atoms with E-state index in [0.717, 1.165) is 0 Å². The summed E-state index contributed by atoms with van der Waals surface area (Å²) in [5.74, 6) is 0. The second-order valence-corrected chi connectivity index (χ2v) is 6.10. The first-order valence-electron chi connectivity index (χ1n) is 6.20. The minimum atomic E-state index is -3.54. The van der Waals surface area contributed by atoms with Gasteiger partial charge in [-0.1, -0.05) is 20.8 Å². The number of nitrogens with two attached hydrogens (primary N) is 1. The Morgan fingerprint density at radius 1 is 1.39 bits per heavy atom. The van der Waals surface area contributed by atoms with Crippen LogP contribution in [-0.2, 0) is 10.0 Å². The van der Waals surface area contributed by atoms with Gasteiger partial charge in [-0.3, -0.25) is 5.10 Å². The van der Waals surface area contributed by atoms with Crippen LogP contribution in [0.3, 0.4) is 0 Å². The first kappa shape index (κ1) is 15.1. The molecule has 104 valence electrons. The van der Waals surface area contributed by atoms with Crippen LogP contribution in [0, 0.1) is 0 Å². The van der Waals surface area contributed by atoms with Crippen molar-refractivity contribution in [1.82, 2.24) is 14.5 Å². The molecule has 1 heterocycles. The zero-order valence-electron chi connectivity index (χ0n) is 11.2. The largest absolute Gasteiger partial charge is 0.329 e. The predicted octanol–water partition coefficient (Wildman–Crippen LogP) is 0.938. The summed E-state index contributed by atoms with van der Waals surface area (Å²) in [4.78, 5) is 0.184. The lowest BCUT2D eigenvalue weighted by Crippen LogP contribution is -2.55. The zero-order chi connectivity index (χ0) is 13.8. The maximum Gasteiger partial charge on any atom is 0.246 e. The van der Waals surface area contributed by atoms with Crippen LogP contribution < -0.4 is 5.73 Å². The van der Waals surface area contributed by atoms with E-state index in [1.165, 1.54) is 16.7 Å². The monoisotopic (exact) mass is 274 g/mol. The van der Waals surface area contributed by atoms with Crippen LogP contribution in [-0.4, -0.2) is 41.5 Å². The Bertz CT molecular complexity index is 443. The smallest absolute Gasteiger partial charge is 0.246 e. The highest BCUT2D eigenvalue weighted by Crippen LogP contribution is 2.29. The van der Waals surface area contributed by atoms with Gasteiger partial charge in [0, 0.05) is 24.8 Å². The topological polar surface area (TPSA) is 92.1 Å². The lowest BCUT2D eigenvalue weighted by atomic mass is 9.93. The molecule has 0 unspecified atom stereocenters. The van der Waals surface area contributed by atoms with Crippen molar-refractivity contribution < 1.29 is 8.42 Å². The fourth-order valence-corrected chi connectivity index (χ4v) is 4.09. The molecule has 0 aliphatic carbocycles. The van der Waals surface area contributed by atoms with Crippen LogP contribution in [0.1, 0.15) is 33.6 Å². The maximum absolute atomic E-state index is 12.6. The average molecular weight is 274 g/mol. The van der Waals surface area contributed by atoms with Crippen LogP contribution in [0.5, 0.6) is 0 Å². The Hall–Kier alpha value is -0.920.